The lowest BCUT2D eigenvalue weighted by Gasteiger charge is -2.30. The highest BCUT2D eigenvalue weighted by Crippen LogP contribution is 2.38. The van der Waals surface area contributed by atoms with Crippen LogP contribution in [0.3, 0.4) is 0 Å². The van der Waals surface area contributed by atoms with E-state index < -0.39 is 23.7 Å². The Morgan fingerprint density at radius 1 is 1.22 bits per heavy atom. The molecule has 0 spiro atoms. The molecule has 1 aromatic heterocycles. The molecular formula is C23H18ClFN2O4S. The Morgan fingerprint density at radius 3 is 2.72 bits per heavy atom. The Balaban J connectivity index is 1.50. The van der Waals surface area contributed by atoms with E-state index in [1.54, 1.807) is 5.38 Å². The summed E-state index contributed by atoms with van der Waals surface area (Å²) < 4.78 is 18.9. The van der Waals surface area contributed by atoms with Gasteiger partial charge in [0.25, 0.3) is 0 Å². The Bertz CT molecular complexity index is 1200. The third kappa shape index (κ3) is 4.37. The number of carbonyl (C=O) groups is 3. The number of carbonyl (C=O) groups excluding carboxylic acids is 3. The smallest absolute Gasteiger partial charge is 0.408 e. The Morgan fingerprint density at radius 2 is 1.97 bits per heavy atom. The number of rotatable bonds is 5. The molecule has 32 heavy (non-hydrogen) atoms. The minimum atomic E-state index is -0.824. The molecule has 0 fully saturated rings. The van der Waals surface area contributed by atoms with Crippen LogP contribution < -0.4 is 10.2 Å². The average molecular weight is 473 g/mol. The molecule has 1 atom stereocenters. The number of amides is 2. The minimum absolute atomic E-state index is 0.0258. The maximum atomic E-state index is 13.6. The number of alkyl carbamates (subject to hydrolysis) is 1. The molecule has 0 radical (unpaired) electrons. The monoisotopic (exact) mass is 472 g/mol. The van der Waals surface area contributed by atoms with Crippen molar-refractivity contribution in [2.75, 3.05) is 11.9 Å². The molecule has 0 bridgehead atoms. The molecule has 1 aliphatic heterocycles. The van der Waals surface area contributed by atoms with Crippen molar-refractivity contribution in [3.8, 4) is 0 Å². The number of nitrogens with zero attached hydrogens (tertiary/aromatic N) is 1. The number of likely N-dealkylation sites (N-methyl/N-ethyl adjacent to an activating group) is 1. The fourth-order valence-electron chi connectivity index (χ4n) is 3.52. The fourth-order valence-corrected chi connectivity index (χ4v) is 4.82. The molecule has 2 amide bonds. The Labute approximate surface area is 192 Å². The van der Waals surface area contributed by atoms with Gasteiger partial charge in [0, 0.05) is 29.3 Å². The van der Waals surface area contributed by atoms with Crippen LogP contribution in [0.1, 0.15) is 26.4 Å². The summed E-state index contributed by atoms with van der Waals surface area (Å²) in [4.78, 5) is 40.2. The van der Waals surface area contributed by atoms with E-state index in [0.717, 1.165) is 16.5 Å². The lowest BCUT2D eigenvalue weighted by molar-refractivity contribution is -0.120. The van der Waals surface area contributed by atoms with E-state index in [-0.39, 0.29) is 35.1 Å². The van der Waals surface area contributed by atoms with Gasteiger partial charge in [-0.3, -0.25) is 9.59 Å². The van der Waals surface area contributed by atoms with Crippen LogP contribution in [0, 0.1) is 5.82 Å². The number of thiophene rings is 1. The summed E-state index contributed by atoms with van der Waals surface area (Å²) >= 11 is 7.37. The third-order valence-electron chi connectivity index (χ3n) is 5.11. The lowest BCUT2D eigenvalue weighted by atomic mass is 9.98. The lowest BCUT2D eigenvalue weighted by Crippen LogP contribution is -2.51. The summed E-state index contributed by atoms with van der Waals surface area (Å²) in [6.45, 7) is 0.0840. The van der Waals surface area contributed by atoms with E-state index in [1.807, 2.05) is 30.3 Å². The summed E-state index contributed by atoms with van der Waals surface area (Å²) in [7, 11) is 1.53. The molecule has 1 unspecified atom stereocenters. The van der Waals surface area contributed by atoms with E-state index >= 15 is 0 Å². The van der Waals surface area contributed by atoms with Gasteiger partial charge in [-0.15, -0.1) is 11.3 Å². The van der Waals surface area contributed by atoms with Gasteiger partial charge < -0.3 is 15.0 Å². The van der Waals surface area contributed by atoms with Crippen LogP contribution in [-0.2, 0) is 22.6 Å². The van der Waals surface area contributed by atoms with Crippen molar-refractivity contribution < 1.29 is 23.5 Å². The van der Waals surface area contributed by atoms with Crippen molar-refractivity contribution in [2.24, 2.45) is 0 Å². The molecule has 6 nitrogen and oxygen atoms in total. The normalized spacial score (nSPS) is 15.3. The zero-order valence-electron chi connectivity index (χ0n) is 16.9. The molecule has 0 aliphatic carbocycles. The first-order valence-corrected chi connectivity index (χ1v) is 11.0. The second-order valence-corrected chi connectivity index (χ2v) is 8.61. The highest BCUT2D eigenvalue weighted by Gasteiger charge is 2.36. The van der Waals surface area contributed by atoms with Crippen LogP contribution in [0.15, 0.2) is 53.9 Å². The van der Waals surface area contributed by atoms with Crippen molar-refractivity contribution in [1.29, 1.82) is 0 Å². The zero-order chi connectivity index (χ0) is 22.8. The molecule has 0 saturated carbocycles. The standard InChI is InChI=1S/C23H18ClFN2O4S/c1-27-20-16(21(28)15-9-14(25)7-8-17(15)24)12-32-19(20)10-18(22(27)29)26-23(30)31-11-13-5-3-2-4-6-13/h2-9,12,18H,10-11H2,1H3,(H,26,30). The number of nitrogens with one attached hydrogen (secondary N) is 1. The molecule has 2 aromatic carbocycles. The predicted octanol–water partition coefficient (Wildman–Crippen LogP) is 4.59. The highest BCUT2D eigenvalue weighted by molar-refractivity contribution is 7.11. The average Bonchev–Trinajstić information content (AvgIpc) is 3.21. The summed E-state index contributed by atoms with van der Waals surface area (Å²) in [6.07, 6.45) is -0.489. The Kier molecular flexibility index (Phi) is 6.25. The first-order valence-electron chi connectivity index (χ1n) is 9.70. The zero-order valence-corrected chi connectivity index (χ0v) is 18.5. The van der Waals surface area contributed by atoms with Gasteiger partial charge in [0.05, 0.1) is 16.3 Å². The summed E-state index contributed by atoms with van der Waals surface area (Å²) in [6, 6.07) is 11.9. The van der Waals surface area contributed by atoms with Crippen LogP contribution in [0.25, 0.3) is 0 Å². The van der Waals surface area contributed by atoms with Gasteiger partial charge in [0.15, 0.2) is 5.78 Å². The minimum Gasteiger partial charge on any atom is -0.445 e. The number of hydrogen-bond acceptors (Lipinski definition) is 5. The number of anilines is 1. The van der Waals surface area contributed by atoms with Crippen molar-refractivity contribution >= 4 is 46.4 Å². The SMILES string of the molecule is CN1C(=O)C(NC(=O)OCc2ccccc2)Cc2scc(C(=O)c3cc(F)ccc3Cl)c21. The number of ether oxygens (including phenoxy) is 1. The highest BCUT2D eigenvalue weighted by atomic mass is 35.5. The summed E-state index contributed by atoms with van der Waals surface area (Å²) in [5.74, 6) is -1.43. The molecule has 0 saturated heterocycles. The number of fused-ring (bicyclic) bond motifs is 1. The number of halogens is 2. The molecule has 164 valence electrons. The Hall–Kier alpha value is -3.23. The van der Waals surface area contributed by atoms with Gasteiger partial charge in [0.2, 0.25) is 5.91 Å². The quantitative estimate of drug-likeness (QED) is 0.551. The van der Waals surface area contributed by atoms with Crippen LogP contribution in [-0.4, -0.2) is 30.9 Å². The molecular weight excluding hydrogens is 455 g/mol. The van der Waals surface area contributed by atoms with Crippen LogP contribution >= 0.6 is 22.9 Å². The number of benzene rings is 2. The maximum Gasteiger partial charge on any atom is 0.408 e. The number of ketones is 1. The van der Waals surface area contributed by atoms with Gasteiger partial charge in [0.1, 0.15) is 18.5 Å². The fraction of sp³-hybridized carbons (Fsp3) is 0.174. The molecule has 9 heteroatoms. The largest absolute Gasteiger partial charge is 0.445 e. The molecule has 4 rings (SSSR count). The second kappa shape index (κ2) is 9.10. The van der Waals surface area contributed by atoms with Crippen molar-refractivity contribution in [1.82, 2.24) is 5.32 Å². The third-order valence-corrected chi connectivity index (χ3v) is 6.44. The second-order valence-electron chi connectivity index (χ2n) is 7.23. The van der Waals surface area contributed by atoms with Crippen molar-refractivity contribution in [3.63, 3.8) is 0 Å². The van der Waals surface area contributed by atoms with E-state index in [1.165, 1.54) is 35.4 Å². The molecule has 1 aliphatic rings. The summed E-state index contributed by atoms with van der Waals surface area (Å²) in [5, 5.41) is 4.34. The number of hydrogen-bond donors (Lipinski definition) is 1. The van der Waals surface area contributed by atoms with E-state index in [9.17, 15) is 18.8 Å². The van der Waals surface area contributed by atoms with Gasteiger partial charge in [-0.05, 0) is 23.8 Å². The van der Waals surface area contributed by atoms with Crippen LogP contribution in [0.2, 0.25) is 5.02 Å². The topological polar surface area (TPSA) is 75.7 Å². The first kappa shape index (κ1) is 22.0. The summed E-state index contributed by atoms with van der Waals surface area (Å²) in [5.41, 5.74) is 1.56. The van der Waals surface area contributed by atoms with E-state index in [0.29, 0.717) is 5.69 Å². The molecule has 3 aromatic rings. The van der Waals surface area contributed by atoms with Crippen LogP contribution in [0.4, 0.5) is 14.9 Å². The maximum absolute atomic E-state index is 13.6. The first-order chi connectivity index (χ1) is 15.3. The predicted molar refractivity (Wildman–Crippen MR) is 120 cm³/mol. The van der Waals surface area contributed by atoms with Gasteiger partial charge in [-0.2, -0.15) is 0 Å². The van der Waals surface area contributed by atoms with E-state index in [4.69, 9.17) is 16.3 Å². The van der Waals surface area contributed by atoms with Gasteiger partial charge in [-0.25, -0.2) is 9.18 Å². The molecule has 2 heterocycles. The van der Waals surface area contributed by atoms with Gasteiger partial charge >= 0.3 is 6.09 Å². The van der Waals surface area contributed by atoms with Crippen molar-refractivity contribution in [2.45, 2.75) is 19.1 Å². The van der Waals surface area contributed by atoms with Gasteiger partial charge in [-0.1, -0.05) is 41.9 Å². The van der Waals surface area contributed by atoms with Crippen molar-refractivity contribution in [3.05, 3.63) is 86.3 Å². The van der Waals surface area contributed by atoms with E-state index in [2.05, 4.69) is 5.32 Å². The van der Waals surface area contributed by atoms with Crippen LogP contribution in [0.5, 0.6) is 0 Å². The molecule has 1 N–H and O–H groups in total.